The van der Waals surface area contributed by atoms with Gasteiger partial charge in [0.1, 0.15) is 5.75 Å². The van der Waals surface area contributed by atoms with Crippen molar-refractivity contribution in [2.24, 2.45) is 0 Å². The van der Waals surface area contributed by atoms with Crippen LogP contribution in [-0.4, -0.2) is 47.8 Å². The van der Waals surface area contributed by atoms with Gasteiger partial charge >= 0.3 is 6.03 Å². The number of amides is 2. The third-order valence-electron chi connectivity index (χ3n) is 5.06. The molecule has 0 aliphatic carbocycles. The number of hydrogen-bond acceptors (Lipinski definition) is 6. The molecule has 2 aromatic carbocycles. The van der Waals surface area contributed by atoms with Crippen LogP contribution in [0.25, 0.3) is 11.4 Å². The van der Waals surface area contributed by atoms with E-state index in [9.17, 15) is 4.79 Å². The van der Waals surface area contributed by atoms with Crippen molar-refractivity contribution in [2.75, 3.05) is 26.0 Å². The summed E-state index contributed by atoms with van der Waals surface area (Å²) in [4.78, 5) is 19.0. The minimum atomic E-state index is -0.258. The van der Waals surface area contributed by atoms with Gasteiger partial charge in [-0.2, -0.15) is 4.98 Å². The molecule has 0 bridgehead atoms. The number of carbonyl (C=O) groups is 1. The third-order valence-corrected chi connectivity index (χ3v) is 5.31. The van der Waals surface area contributed by atoms with Crippen LogP contribution in [0.1, 0.15) is 18.4 Å². The number of anilines is 1. The van der Waals surface area contributed by atoms with E-state index in [0.29, 0.717) is 35.4 Å². The lowest BCUT2D eigenvalue weighted by atomic mass is 10.1. The highest BCUT2D eigenvalue weighted by Crippen LogP contribution is 2.31. The number of likely N-dealkylation sites (tertiary alicyclic amines) is 1. The fourth-order valence-corrected chi connectivity index (χ4v) is 3.63. The number of benzene rings is 2. The Morgan fingerprint density at radius 2 is 1.93 bits per heavy atom. The van der Waals surface area contributed by atoms with Crippen molar-refractivity contribution in [3.05, 3.63) is 59.4 Å². The highest BCUT2D eigenvalue weighted by atomic mass is 35.5. The van der Waals surface area contributed by atoms with E-state index in [0.717, 1.165) is 11.3 Å². The van der Waals surface area contributed by atoms with Gasteiger partial charge < -0.3 is 19.9 Å². The highest BCUT2D eigenvalue weighted by Gasteiger charge is 2.35. The molecule has 1 fully saturated rings. The van der Waals surface area contributed by atoms with E-state index in [1.165, 1.54) is 0 Å². The summed E-state index contributed by atoms with van der Waals surface area (Å²) in [6, 6.07) is 14.1. The number of nitrogens with one attached hydrogen (secondary N) is 2. The first-order valence-electron chi connectivity index (χ1n) is 9.53. The maximum atomic E-state index is 12.4. The van der Waals surface area contributed by atoms with E-state index in [1.54, 1.807) is 43.5 Å². The highest BCUT2D eigenvalue weighted by molar-refractivity contribution is 6.30. The quantitative estimate of drug-likeness (QED) is 0.640. The molecule has 30 heavy (non-hydrogen) atoms. The summed E-state index contributed by atoms with van der Waals surface area (Å²) in [5.74, 6) is 1.78. The predicted molar refractivity (Wildman–Crippen MR) is 114 cm³/mol. The van der Waals surface area contributed by atoms with Crippen LogP contribution in [0.3, 0.4) is 0 Å². The molecule has 3 aromatic rings. The Hall–Kier alpha value is -3.10. The Morgan fingerprint density at radius 1 is 1.20 bits per heavy atom. The number of ether oxygens (including phenoxy) is 1. The number of rotatable bonds is 5. The van der Waals surface area contributed by atoms with Crippen molar-refractivity contribution in [1.29, 1.82) is 0 Å². The maximum Gasteiger partial charge on any atom is 0.319 e. The average Bonchev–Trinajstić information content (AvgIpc) is 3.35. The number of halogens is 1. The van der Waals surface area contributed by atoms with Gasteiger partial charge in [-0.1, -0.05) is 16.8 Å². The zero-order chi connectivity index (χ0) is 21.1. The molecule has 1 aliphatic heterocycles. The average molecular weight is 428 g/mol. The largest absolute Gasteiger partial charge is 0.497 e. The zero-order valence-electron chi connectivity index (χ0n) is 16.6. The van der Waals surface area contributed by atoms with Crippen LogP contribution < -0.4 is 15.4 Å². The number of nitrogens with zero attached hydrogens (tertiary/aromatic N) is 3. The molecule has 2 N–H and O–H groups in total. The van der Waals surface area contributed by atoms with Gasteiger partial charge in [-0.3, -0.25) is 4.90 Å². The summed E-state index contributed by atoms with van der Waals surface area (Å²) < 4.78 is 10.6. The second-order valence-electron chi connectivity index (χ2n) is 7.18. The van der Waals surface area contributed by atoms with Crippen LogP contribution in [0, 0.1) is 0 Å². The monoisotopic (exact) mass is 427 g/mol. The molecule has 0 spiro atoms. The normalized spacial score (nSPS) is 18.9. The first kappa shape index (κ1) is 20.2. The second-order valence-corrected chi connectivity index (χ2v) is 7.61. The van der Waals surface area contributed by atoms with Crippen molar-refractivity contribution in [1.82, 2.24) is 20.4 Å². The molecular weight excluding hydrogens is 406 g/mol. The minimum absolute atomic E-state index is 0.0378. The van der Waals surface area contributed by atoms with Crippen molar-refractivity contribution in [2.45, 2.75) is 18.5 Å². The summed E-state index contributed by atoms with van der Waals surface area (Å²) >= 11 is 5.93. The molecule has 2 amide bonds. The number of hydrogen-bond donors (Lipinski definition) is 2. The van der Waals surface area contributed by atoms with Gasteiger partial charge in [-0.15, -0.1) is 0 Å². The van der Waals surface area contributed by atoms with E-state index in [1.807, 2.05) is 19.2 Å². The van der Waals surface area contributed by atoms with E-state index >= 15 is 0 Å². The molecule has 1 aliphatic rings. The summed E-state index contributed by atoms with van der Waals surface area (Å²) in [6.45, 7) is 0.680. The Bertz CT molecular complexity index is 1010. The van der Waals surface area contributed by atoms with Crippen molar-refractivity contribution in [3.63, 3.8) is 0 Å². The molecule has 8 nitrogen and oxygen atoms in total. The molecule has 0 radical (unpaired) electrons. The lowest BCUT2D eigenvalue weighted by molar-refractivity contribution is 0.243. The molecule has 0 unspecified atom stereocenters. The summed E-state index contributed by atoms with van der Waals surface area (Å²) in [7, 11) is 3.57. The van der Waals surface area contributed by atoms with Gasteiger partial charge in [0.05, 0.1) is 13.2 Å². The number of methoxy groups -OCH3 is 1. The molecule has 0 saturated carbocycles. The van der Waals surface area contributed by atoms with E-state index in [4.69, 9.17) is 20.9 Å². The van der Waals surface area contributed by atoms with Crippen LogP contribution in [-0.2, 0) is 0 Å². The number of likely N-dealkylation sites (N-methyl/N-ethyl adjacent to an activating group) is 1. The predicted octanol–water partition coefficient (Wildman–Crippen LogP) is 3.97. The standard InChI is InChI=1S/C21H22ClN5O3/c1-27-12-16(24-21(28)23-15-7-9-17(29-2)10-8-15)11-18(27)20-25-19(26-30-20)13-3-5-14(22)6-4-13/h3-10,16,18H,11-12H2,1-2H3,(H2,23,24,28)/t16-,18-/m0/s1. The molecule has 4 rings (SSSR count). The molecule has 156 valence electrons. The minimum Gasteiger partial charge on any atom is -0.497 e. The first-order valence-corrected chi connectivity index (χ1v) is 9.91. The summed E-state index contributed by atoms with van der Waals surface area (Å²) in [5, 5.41) is 10.6. The van der Waals surface area contributed by atoms with Gasteiger partial charge in [-0.05, 0) is 62.0 Å². The fourth-order valence-electron chi connectivity index (χ4n) is 3.51. The van der Waals surface area contributed by atoms with Crippen LogP contribution in [0.2, 0.25) is 5.02 Å². The molecule has 2 atom stereocenters. The lowest BCUT2D eigenvalue weighted by Gasteiger charge is -2.14. The third kappa shape index (κ3) is 4.55. The van der Waals surface area contributed by atoms with Crippen molar-refractivity contribution in [3.8, 4) is 17.1 Å². The van der Waals surface area contributed by atoms with E-state index in [-0.39, 0.29) is 18.1 Å². The van der Waals surface area contributed by atoms with Gasteiger partial charge in [0.25, 0.3) is 0 Å². The van der Waals surface area contributed by atoms with Gasteiger partial charge in [-0.25, -0.2) is 4.79 Å². The van der Waals surface area contributed by atoms with E-state index in [2.05, 4.69) is 25.7 Å². The molecule has 9 heteroatoms. The molecule has 1 aromatic heterocycles. The Kier molecular flexibility index (Phi) is 5.87. The summed E-state index contributed by atoms with van der Waals surface area (Å²) in [5.41, 5.74) is 1.53. The lowest BCUT2D eigenvalue weighted by Crippen LogP contribution is -2.39. The molecule has 1 saturated heterocycles. The number of urea groups is 1. The van der Waals surface area contributed by atoms with Crippen molar-refractivity contribution >= 4 is 23.3 Å². The van der Waals surface area contributed by atoms with Crippen LogP contribution in [0.5, 0.6) is 5.75 Å². The van der Waals surface area contributed by atoms with Gasteiger partial charge in [0.15, 0.2) is 0 Å². The van der Waals surface area contributed by atoms with E-state index < -0.39 is 0 Å². The van der Waals surface area contributed by atoms with Gasteiger partial charge in [0, 0.05) is 28.9 Å². The fraction of sp³-hybridized carbons (Fsp3) is 0.286. The topological polar surface area (TPSA) is 92.5 Å². The Morgan fingerprint density at radius 3 is 2.63 bits per heavy atom. The van der Waals surface area contributed by atoms with Crippen LogP contribution in [0.4, 0.5) is 10.5 Å². The van der Waals surface area contributed by atoms with Gasteiger partial charge in [0.2, 0.25) is 11.7 Å². The Balaban J connectivity index is 1.36. The first-order chi connectivity index (χ1) is 14.5. The second kappa shape index (κ2) is 8.73. The SMILES string of the molecule is COc1ccc(NC(=O)N[C@H]2C[C@@H](c3nc(-c4ccc(Cl)cc4)no3)N(C)C2)cc1. The smallest absolute Gasteiger partial charge is 0.319 e. The van der Waals surface area contributed by atoms with Crippen LogP contribution >= 0.6 is 11.6 Å². The number of carbonyl (C=O) groups excluding carboxylic acids is 1. The van der Waals surface area contributed by atoms with Crippen molar-refractivity contribution < 1.29 is 14.1 Å². The molecular formula is C21H22ClN5O3. The molecule has 2 heterocycles. The summed E-state index contributed by atoms with van der Waals surface area (Å²) in [6.07, 6.45) is 0.675. The number of aromatic nitrogens is 2. The van der Waals surface area contributed by atoms with Crippen LogP contribution in [0.15, 0.2) is 53.1 Å². The Labute approximate surface area is 179 Å². The zero-order valence-corrected chi connectivity index (χ0v) is 17.4. The maximum absolute atomic E-state index is 12.4.